The average Bonchev–Trinajstić information content (AvgIpc) is 3.40. The standard InChI is InChI=1S/C29H32ClN3O9S2/c1-16-31-21(14-43-16)24(32-41-13-23(35)42-29(2,3)4)22(34)10-20-26(36)33-25(18(11-30)15-44(38)27(20)33)28(37)40-12-17-6-8-19(39-5)9-7-17/h6-9,14,20,27H,10-13,15H2,1-5H3/b32-24-/t20?,27?,44-/m0/s1. The lowest BCUT2D eigenvalue weighted by atomic mass is 9.89. The molecule has 15 heteroatoms. The first-order valence-corrected chi connectivity index (χ1v) is 16.3. The van der Waals surface area contributed by atoms with E-state index in [4.69, 9.17) is 30.6 Å². The molecule has 1 aromatic carbocycles. The summed E-state index contributed by atoms with van der Waals surface area (Å²) in [7, 11) is -0.0990. The molecule has 2 aliphatic heterocycles. The Hall–Kier alpha value is -3.62. The van der Waals surface area contributed by atoms with Crippen LogP contribution in [0.5, 0.6) is 5.75 Å². The zero-order valence-electron chi connectivity index (χ0n) is 24.8. The van der Waals surface area contributed by atoms with Crippen molar-refractivity contribution in [2.75, 3.05) is 25.3 Å². The molecule has 1 aromatic heterocycles. The third-order valence-corrected chi connectivity index (χ3v) is 9.30. The number of Topliss-reactive ketones (excluding diaryl/α,β-unsaturated/α-hetero) is 1. The highest BCUT2D eigenvalue weighted by molar-refractivity contribution is 7.86. The fourth-order valence-electron chi connectivity index (χ4n) is 4.56. The van der Waals surface area contributed by atoms with Crippen LogP contribution < -0.4 is 4.74 Å². The van der Waals surface area contributed by atoms with Gasteiger partial charge < -0.3 is 19.0 Å². The summed E-state index contributed by atoms with van der Waals surface area (Å²) in [5, 5.41) is 5.18. The van der Waals surface area contributed by atoms with Crippen molar-refractivity contribution in [2.24, 2.45) is 11.1 Å². The van der Waals surface area contributed by atoms with Crippen LogP contribution in [0.2, 0.25) is 0 Å². The molecule has 3 atom stereocenters. The van der Waals surface area contributed by atoms with Gasteiger partial charge in [0.15, 0.2) is 11.5 Å². The van der Waals surface area contributed by atoms with Crippen LogP contribution in [0.15, 0.2) is 46.1 Å². The van der Waals surface area contributed by atoms with Gasteiger partial charge in [0.05, 0.1) is 23.8 Å². The maximum absolute atomic E-state index is 13.5. The average molecular weight is 666 g/mol. The van der Waals surface area contributed by atoms with E-state index in [9.17, 15) is 23.4 Å². The molecule has 236 valence electrons. The van der Waals surface area contributed by atoms with Gasteiger partial charge in [-0.05, 0) is 51.0 Å². The van der Waals surface area contributed by atoms with Crippen molar-refractivity contribution >= 4 is 63.1 Å². The second-order valence-electron chi connectivity index (χ2n) is 10.9. The Morgan fingerprint density at radius 2 is 1.91 bits per heavy atom. The number of rotatable bonds is 12. The molecule has 0 aliphatic carbocycles. The number of ketones is 1. The lowest BCUT2D eigenvalue weighted by molar-refractivity contribution is -0.160. The van der Waals surface area contributed by atoms with E-state index in [1.54, 1.807) is 57.3 Å². The van der Waals surface area contributed by atoms with Crippen LogP contribution in [0, 0.1) is 12.8 Å². The van der Waals surface area contributed by atoms with E-state index in [1.807, 2.05) is 0 Å². The Morgan fingerprint density at radius 3 is 2.50 bits per heavy atom. The number of amides is 1. The molecule has 2 unspecified atom stereocenters. The smallest absolute Gasteiger partial charge is 0.355 e. The molecule has 0 saturated carbocycles. The molecule has 1 amide bonds. The molecule has 0 radical (unpaired) electrons. The summed E-state index contributed by atoms with van der Waals surface area (Å²) in [4.78, 5) is 62.6. The van der Waals surface area contributed by atoms with Crippen LogP contribution in [-0.2, 0) is 50.9 Å². The van der Waals surface area contributed by atoms with Crippen LogP contribution in [-0.4, -0.2) is 79.8 Å². The number of carbonyl (C=O) groups excluding carboxylic acids is 4. The molecular weight excluding hydrogens is 634 g/mol. The minimum Gasteiger partial charge on any atom is -0.497 e. The number of thiazole rings is 1. The Bertz CT molecular complexity index is 1530. The molecular formula is C29H32ClN3O9S2. The van der Waals surface area contributed by atoms with Crippen molar-refractivity contribution in [1.82, 2.24) is 9.88 Å². The van der Waals surface area contributed by atoms with Gasteiger partial charge in [-0.15, -0.1) is 22.9 Å². The number of ether oxygens (including phenoxy) is 3. The van der Waals surface area contributed by atoms with Crippen molar-refractivity contribution in [1.29, 1.82) is 0 Å². The highest BCUT2D eigenvalue weighted by Crippen LogP contribution is 2.41. The summed E-state index contributed by atoms with van der Waals surface area (Å²) in [6, 6.07) is 6.91. The first kappa shape index (κ1) is 33.3. The molecule has 12 nitrogen and oxygen atoms in total. The van der Waals surface area contributed by atoms with Crippen molar-refractivity contribution in [3.8, 4) is 5.75 Å². The zero-order valence-corrected chi connectivity index (χ0v) is 27.2. The Labute approximate surface area is 265 Å². The quantitative estimate of drug-likeness (QED) is 0.109. The molecule has 0 spiro atoms. The van der Waals surface area contributed by atoms with Gasteiger partial charge >= 0.3 is 11.9 Å². The number of hydrogen-bond acceptors (Lipinski definition) is 12. The normalized spacial score (nSPS) is 20.0. The minimum absolute atomic E-state index is 0.0547. The first-order chi connectivity index (χ1) is 20.8. The van der Waals surface area contributed by atoms with Gasteiger partial charge in [0.25, 0.3) is 0 Å². The Balaban J connectivity index is 1.49. The van der Waals surface area contributed by atoms with E-state index in [-0.39, 0.29) is 41.8 Å². The highest BCUT2D eigenvalue weighted by atomic mass is 35.5. The number of oxime groups is 1. The summed E-state index contributed by atoms with van der Waals surface area (Å²) in [6.07, 6.45) is -0.374. The maximum Gasteiger partial charge on any atom is 0.355 e. The molecule has 2 aliphatic rings. The number of nitrogens with zero attached hydrogens (tertiary/aromatic N) is 3. The molecule has 0 N–H and O–H groups in total. The van der Waals surface area contributed by atoms with E-state index >= 15 is 0 Å². The van der Waals surface area contributed by atoms with Gasteiger partial charge in [-0.3, -0.25) is 18.7 Å². The lowest BCUT2D eigenvalue weighted by Gasteiger charge is -2.49. The number of aryl methyl sites for hydroxylation is 1. The number of aromatic nitrogens is 1. The summed E-state index contributed by atoms with van der Waals surface area (Å²) in [6.45, 7) is 6.22. The van der Waals surface area contributed by atoms with E-state index in [1.165, 1.54) is 18.4 Å². The fourth-order valence-corrected chi connectivity index (χ4v) is 7.27. The van der Waals surface area contributed by atoms with Crippen LogP contribution in [0.25, 0.3) is 0 Å². The number of halogens is 1. The van der Waals surface area contributed by atoms with E-state index in [0.29, 0.717) is 21.9 Å². The number of β-lactam (4-membered cyclic amide) rings is 1. The number of esters is 2. The fraction of sp³-hybridized carbons (Fsp3) is 0.448. The van der Waals surface area contributed by atoms with Crippen LogP contribution >= 0.6 is 22.9 Å². The monoisotopic (exact) mass is 665 g/mol. The summed E-state index contributed by atoms with van der Waals surface area (Å²) in [5.74, 6) is -3.19. The van der Waals surface area contributed by atoms with Crippen molar-refractivity contribution in [3.63, 3.8) is 0 Å². The molecule has 4 rings (SSSR count). The molecule has 0 bridgehead atoms. The maximum atomic E-state index is 13.5. The third kappa shape index (κ3) is 7.71. The number of benzene rings is 1. The largest absolute Gasteiger partial charge is 0.497 e. The van der Waals surface area contributed by atoms with Gasteiger partial charge in [-0.1, -0.05) is 17.3 Å². The van der Waals surface area contributed by atoms with Crippen LogP contribution in [0.1, 0.15) is 43.5 Å². The Kier molecular flexibility index (Phi) is 10.6. The number of fused-ring (bicyclic) bond motifs is 1. The van der Waals surface area contributed by atoms with E-state index < -0.39 is 57.9 Å². The van der Waals surface area contributed by atoms with E-state index in [2.05, 4.69) is 10.1 Å². The first-order valence-electron chi connectivity index (χ1n) is 13.5. The Morgan fingerprint density at radius 1 is 1.20 bits per heavy atom. The van der Waals surface area contributed by atoms with Gasteiger partial charge in [0, 0.05) is 28.5 Å². The van der Waals surface area contributed by atoms with Crippen molar-refractivity contribution in [3.05, 3.63) is 57.2 Å². The number of hydrogen-bond donors (Lipinski definition) is 0. The lowest BCUT2D eigenvalue weighted by Crippen LogP contribution is -2.66. The number of methoxy groups -OCH3 is 1. The SMILES string of the molecule is COc1ccc(COC(=O)C2=C(CCl)C[S@](=O)C3C(CC(=O)/C(=N\OCC(=O)OC(C)(C)C)c4csc(C)n4)C(=O)N23)cc1. The van der Waals surface area contributed by atoms with Gasteiger partial charge in [0.2, 0.25) is 12.5 Å². The highest BCUT2D eigenvalue weighted by Gasteiger charge is 2.57. The van der Waals surface area contributed by atoms with Crippen LogP contribution in [0.4, 0.5) is 0 Å². The molecule has 1 saturated heterocycles. The topological polar surface area (TPSA) is 151 Å². The molecule has 2 aromatic rings. The predicted molar refractivity (Wildman–Crippen MR) is 162 cm³/mol. The third-order valence-electron chi connectivity index (χ3n) is 6.49. The second-order valence-corrected chi connectivity index (χ2v) is 13.8. The van der Waals surface area contributed by atoms with Gasteiger partial charge in [-0.25, -0.2) is 14.6 Å². The van der Waals surface area contributed by atoms with E-state index in [0.717, 1.165) is 4.90 Å². The number of carbonyl (C=O) groups is 4. The minimum atomic E-state index is -1.64. The molecule has 44 heavy (non-hydrogen) atoms. The van der Waals surface area contributed by atoms with Gasteiger partial charge in [0.1, 0.15) is 34.7 Å². The van der Waals surface area contributed by atoms with Crippen LogP contribution in [0.3, 0.4) is 0 Å². The summed E-state index contributed by atoms with van der Waals surface area (Å²) >= 11 is 7.36. The van der Waals surface area contributed by atoms with Crippen molar-refractivity contribution < 1.29 is 42.4 Å². The molecule has 1 fully saturated rings. The second kappa shape index (κ2) is 14.0. The van der Waals surface area contributed by atoms with Gasteiger partial charge in [-0.2, -0.15) is 0 Å². The zero-order chi connectivity index (χ0) is 32.2. The predicted octanol–water partition coefficient (Wildman–Crippen LogP) is 3.26. The van der Waals surface area contributed by atoms with Crippen molar-refractivity contribution in [2.45, 2.75) is 51.7 Å². The summed E-state index contributed by atoms with van der Waals surface area (Å²) < 4.78 is 29.0. The molecule has 3 heterocycles. The summed E-state index contributed by atoms with van der Waals surface area (Å²) in [5.41, 5.74) is 0.231. The number of alkyl halides is 1.